The van der Waals surface area contributed by atoms with Crippen molar-refractivity contribution in [3.8, 4) is 0 Å². The number of carbonyl (C=O) groups excluding carboxylic acids is 4. The van der Waals surface area contributed by atoms with E-state index in [0.717, 1.165) is 81.4 Å². The van der Waals surface area contributed by atoms with Gasteiger partial charge in [0.1, 0.15) is 5.78 Å². The van der Waals surface area contributed by atoms with Crippen LogP contribution < -0.4 is 16.4 Å². The highest BCUT2D eigenvalue weighted by atomic mass is 19.3. The Kier molecular flexibility index (Phi) is 45.7. The predicted octanol–water partition coefficient (Wildman–Crippen LogP) is 13.6. The van der Waals surface area contributed by atoms with E-state index < -0.39 is 11.9 Å². The van der Waals surface area contributed by atoms with Gasteiger partial charge in [-0.25, -0.2) is 8.78 Å². The summed E-state index contributed by atoms with van der Waals surface area (Å²) in [5.41, 5.74) is 8.40. The van der Waals surface area contributed by atoms with E-state index in [1.807, 2.05) is 56.3 Å². The smallest absolute Gasteiger partial charge is 0.303 e. The summed E-state index contributed by atoms with van der Waals surface area (Å²) in [4.78, 5) is 53.0. The lowest BCUT2D eigenvalue weighted by molar-refractivity contribution is -0.138. The van der Waals surface area contributed by atoms with Crippen LogP contribution in [0.4, 0.5) is 8.78 Å². The van der Waals surface area contributed by atoms with Gasteiger partial charge in [-0.05, 0) is 106 Å². The van der Waals surface area contributed by atoms with Crippen molar-refractivity contribution in [2.45, 2.75) is 191 Å². The Morgan fingerprint density at radius 2 is 1.34 bits per heavy atom. The van der Waals surface area contributed by atoms with Gasteiger partial charge < -0.3 is 26.6 Å². The number of carboxylic acids is 1. The summed E-state index contributed by atoms with van der Waals surface area (Å²) < 4.78 is 26.1. The van der Waals surface area contributed by atoms with Crippen molar-refractivity contribution in [3.63, 3.8) is 0 Å². The standard InChI is InChI=1S/C15H20F2O2.C13H23NO2.C13H19NO.C7H8.C4H8.C3H8O.C3H8.CH3NO/c1-3-4-12(10-14(18)19)9-11-5-7-13(8-6-11)15(2,16)17;1-10-4-3-5-12(8-10)6-7-13(16)14-9-11(2)15;1-3-5-10-14-13(15)12-8-6-11(4-2)7-9-12;1-7-5-3-2-4-6-7;1-4-2-3-4;1-2-3-4;1-3-2;2-1-3/h5-8,12H,3-4,9-10H2,1-2H3,(H,18,19);10,12H,3-9H2,1-2H3,(H,14,16);6-9H,3-5,10H2,1-2H3,(H,14,15);2-6H,1H3;2*4H,2-3H2,1H3;3H2,1-2H3;1H,(H2,2,3). The maximum Gasteiger partial charge on any atom is 0.303 e. The van der Waals surface area contributed by atoms with Gasteiger partial charge in [0.05, 0.1) is 6.54 Å². The summed E-state index contributed by atoms with van der Waals surface area (Å²) in [5, 5.41) is 22.3. The number of hydrogen-bond acceptors (Lipinski definition) is 6. The molecule has 71 heavy (non-hydrogen) atoms. The summed E-state index contributed by atoms with van der Waals surface area (Å²) in [5.74, 6) is -0.890. The Hall–Kier alpha value is -4.97. The number of amides is 3. The van der Waals surface area contributed by atoms with Crippen LogP contribution in [0.5, 0.6) is 0 Å². The number of nitrogens with two attached hydrogens (primary N) is 1. The van der Waals surface area contributed by atoms with Gasteiger partial charge in [0, 0.05) is 44.0 Å². The molecule has 0 heterocycles. The quantitative estimate of drug-likeness (QED) is 0.0622. The van der Waals surface area contributed by atoms with Crippen LogP contribution in [0.1, 0.15) is 198 Å². The molecule has 5 rings (SSSR count). The number of aliphatic carboxylic acids is 1. The first kappa shape index (κ1) is 70.3. The first-order chi connectivity index (χ1) is 33.7. The molecule has 0 saturated heterocycles. The highest BCUT2D eigenvalue weighted by molar-refractivity contribution is 5.94. The number of hydrogen-bond donors (Lipinski definition) is 5. The minimum atomic E-state index is -2.83. The van der Waals surface area contributed by atoms with E-state index in [-0.39, 0.29) is 48.5 Å². The van der Waals surface area contributed by atoms with Crippen molar-refractivity contribution >= 4 is 30.0 Å². The number of unbranched alkanes of at least 4 members (excludes halogenated alkanes) is 1. The van der Waals surface area contributed by atoms with Crippen LogP contribution in [-0.4, -0.2) is 59.9 Å². The number of benzene rings is 3. The van der Waals surface area contributed by atoms with Crippen LogP contribution in [-0.2, 0) is 37.9 Å². The number of halogens is 2. The molecule has 3 amide bonds. The maximum absolute atomic E-state index is 13.1. The topological polar surface area (TPSA) is 176 Å². The third-order valence-electron chi connectivity index (χ3n) is 11.0. The van der Waals surface area contributed by atoms with E-state index in [9.17, 15) is 28.0 Å². The molecule has 3 atom stereocenters. The number of ketones is 1. The van der Waals surface area contributed by atoms with Crippen molar-refractivity contribution in [1.29, 1.82) is 0 Å². The van der Waals surface area contributed by atoms with E-state index in [4.69, 9.17) is 15.0 Å². The van der Waals surface area contributed by atoms with Crippen LogP contribution in [0, 0.1) is 30.6 Å². The van der Waals surface area contributed by atoms with Gasteiger partial charge in [-0.1, -0.05) is 179 Å². The number of carboxylic acid groups (broad SMARTS) is 1. The molecular formula is C59H97F2N3O7. The number of nitrogens with one attached hydrogen (secondary N) is 2. The van der Waals surface area contributed by atoms with Crippen LogP contribution in [0.25, 0.3) is 0 Å². The summed E-state index contributed by atoms with van der Waals surface area (Å²) in [6.07, 6.45) is 17.7. The molecule has 2 aliphatic carbocycles. The zero-order valence-electron chi connectivity index (χ0n) is 45.8. The number of carbonyl (C=O) groups is 5. The second-order valence-corrected chi connectivity index (χ2v) is 18.8. The van der Waals surface area contributed by atoms with Crippen LogP contribution in [0.15, 0.2) is 78.9 Å². The Morgan fingerprint density at radius 3 is 1.73 bits per heavy atom. The fourth-order valence-electron chi connectivity index (χ4n) is 6.74. The third kappa shape index (κ3) is 45.9. The van der Waals surface area contributed by atoms with E-state index in [0.29, 0.717) is 25.4 Å². The lowest BCUT2D eigenvalue weighted by Gasteiger charge is -2.26. The van der Waals surface area contributed by atoms with Crippen molar-refractivity contribution < 1.29 is 43.0 Å². The molecule has 10 nitrogen and oxygen atoms in total. The van der Waals surface area contributed by atoms with E-state index in [2.05, 4.69) is 77.0 Å². The molecule has 2 fully saturated rings. The zero-order chi connectivity index (χ0) is 54.5. The number of aliphatic hydroxyl groups is 1. The largest absolute Gasteiger partial charge is 0.481 e. The van der Waals surface area contributed by atoms with E-state index in [1.165, 1.54) is 75.1 Å². The Balaban J connectivity index is -0.000000814. The molecule has 2 saturated carbocycles. The minimum absolute atomic E-state index is 0.0125. The fraction of sp³-hybridized carbons (Fsp3) is 0.610. The van der Waals surface area contributed by atoms with Crippen LogP contribution in [0.3, 0.4) is 0 Å². The number of primary amides is 1. The highest BCUT2D eigenvalue weighted by Gasteiger charge is 2.24. The molecule has 6 N–H and O–H groups in total. The zero-order valence-corrected chi connectivity index (χ0v) is 45.8. The molecule has 0 bridgehead atoms. The molecule has 0 spiro atoms. The summed E-state index contributed by atoms with van der Waals surface area (Å²) in [6, 6.07) is 24.2. The number of alkyl halides is 2. The monoisotopic (exact) mass is 998 g/mol. The molecule has 3 aromatic carbocycles. The van der Waals surface area contributed by atoms with Gasteiger partial charge in [0.15, 0.2) is 0 Å². The van der Waals surface area contributed by atoms with Crippen molar-refractivity contribution in [2.75, 3.05) is 19.7 Å². The van der Waals surface area contributed by atoms with Crippen molar-refractivity contribution in [2.24, 2.45) is 29.4 Å². The lowest BCUT2D eigenvalue weighted by atomic mass is 9.80. The Labute approximate surface area is 429 Å². The maximum atomic E-state index is 13.1. The van der Waals surface area contributed by atoms with Gasteiger partial charge in [0.2, 0.25) is 12.3 Å². The number of rotatable bonds is 18. The molecule has 404 valence electrons. The van der Waals surface area contributed by atoms with Gasteiger partial charge in [-0.2, -0.15) is 0 Å². The van der Waals surface area contributed by atoms with Gasteiger partial charge in [-0.3, -0.25) is 24.0 Å². The summed E-state index contributed by atoms with van der Waals surface area (Å²) in [7, 11) is 0. The molecule has 12 heteroatoms. The normalized spacial score (nSPS) is 14.5. The van der Waals surface area contributed by atoms with Gasteiger partial charge >= 0.3 is 5.97 Å². The van der Waals surface area contributed by atoms with E-state index >= 15 is 0 Å². The average molecular weight is 998 g/mol. The van der Waals surface area contributed by atoms with Crippen LogP contribution in [0.2, 0.25) is 0 Å². The number of Topliss-reactive ketones (excluding diaryl/α,β-unsaturated/α-hetero) is 1. The molecule has 0 aromatic heterocycles. The van der Waals surface area contributed by atoms with E-state index in [1.54, 1.807) is 12.1 Å². The number of aliphatic hydroxyl groups excluding tert-OH is 1. The fourth-order valence-corrected chi connectivity index (χ4v) is 6.74. The first-order valence-electron chi connectivity index (χ1n) is 26.3. The molecule has 3 unspecified atom stereocenters. The first-order valence-corrected chi connectivity index (χ1v) is 26.3. The van der Waals surface area contributed by atoms with Gasteiger partial charge in [0.25, 0.3) is 11.8 Å². The number of aryl methyl sites for hydroxylation is 2. The van der Waals surface area contributed by atoms with Gasteiger partial charge in [-0.15, -0.1) is 0 Å². The summed E-state index contributed by atoms with van der Waals surface area (Å²) >= 11 is 0. The molecule has 3 aromatic rings. The SMILES string of the molecule is CC(=O)CNC(=O)CCC1CCCC(C)C1.CC1CC1.CCC.CCCC(CC(=O)O)Cc1ccc(C(C)(F)F)cc1.CCCCNC(=O)c1ccc(CC)cc1.CCCO.Cc1ccccc1.NC=O. The Morgan fingerprint density at radius 1 is 0.803 bits per heavy atom. The Bertz CT molecular complexity index is 1750. The molecule has 0 radical (unpaired) electrons. The lowest BCUT2D eigenvalue weighted by Crippen LogP contribution is -2.28. The molecule has 0 aliphatic heterocycles. The molecular weight excluding hydrogens is 901 g/mol. The summed E-state index contributed by atoms with van der Waals surface area (Å²) in [6.45, 7) is 22.7. The minimum Gasteiger partial charge on any atom is -0.481 e. The average Bonchev–Trinajstić information content (AvgIpc) is 4.13. The third-order valence-corrected chi connectivity index (χ3v) is 11.0. The second kappa shape index (κ2) is 46.1. The predicted molar refractivity (Wildman–Crippen MR) is 291 cm³/mol. The highest BCUT2D eigenvalue weighted by Crippen LogP contribution is 2.31. The van der Waals surface area contributed by atoms with Crippen molar-refractivity contribution in [1.82, 2.24) is 10.6 Å². The second-order valence-electron chi connectivity index (χ2n) is 18.8. The van der Waals surface area contributed by atoms with Crippen molar-refractivity contribution in [3.05, 3.63) is 107 Å². The molecule has 2 aliphatic rings. The van der Waals surface area contributed by atoms with Crippen LogP contribution >= 0.6 is 0 Å².